The van der Waals surface area contributed by atoms with E-state index in [4.69, 9.17) is 5.73 Å². The second-order valence-corrected chi connectivity index (χ2v) is 7.55. The Morgan fingerprint density at radius 1 is 0.853 bits per heavy atom. The summed E-state index contributed by atoms with van der Waals surface area (Å²) in [5, 5.41) is 5.93. The molecule has 9 nitrogen and oxygen atoms in total. The second kappa shape index (κ2) is 8.55. The van der Waals surface area contributed by atoms with E-state index in [0.717, 1.165) is 5.69 Å². The molecule has 0 fully saturated rings. The van der Waals surface area contributed by atoms with E-state index in [9.17, 15) is 9.59 Å². The molecule has 4 N–H and O–H groups in total. The van der Waals surface area contributed by atoms with Crippen molar-refractivity contribution >= 4 is 34.3 Å². The third-order valence-electron chi connectivity index (χ3n) is 5.46. The molecule has 1 amide bonds. The van der Waals surface area contributed by atoms with Crippen molar-refractivity contribution in [2.45, 2.75) is 0 Å². The summed E-state index contributed by atoms with van der Waals surface area (Å²) in [6, 6.07) is 23.3. The van der Waals surface area contributed by atoms with Crippen LogP contribution < -0.4 is 22.1 Å². The van der Waals surface area contributed by atoms with Crippen LogP contribution in [-0.2, 0) is 0 Å². The molecule has 5 rings (SSSR count). The summed E-state index contributed by atoms with van der Waals surface area (Å²) in [7, 11) is 1.81. The van der Waals surface area contributed by atoms with Gasteiger partial charge >= 0.3 is 5.69 Å². The molecule has 0 bridgehead atoms. The Balaban J connectivity index is 1.58. The van der Waals surface area contributed by atoms with Gasteiger partial charge in [0.2, 0.25) is 0 Å². The third-order valence-corrected chi connectivity index (χ3v) is 5.46. The molecule has 0 aliphatic heterocycles. The van der Waals surface area contributed by atoms with Gasteiger partial charge in [0, 0.05) is 24.0 Å². The number of hydrogen-bond acceptors (Lipinski definition) is 6. The van der Waals surface area contributed by atoms with E-state index in [1.165, 1.54) is 15.5 Å². The van der Waals surface area contributed by atoms with Crippen LogP contribution in [0.1, 0.15) is 10.4 Å². The Morgan fingerprint density at radius 2 is 1.62 bits per heavy atom. The maximum absolute atomic E-state index is 13.6. The lowest BCUT2D eigenvalue weighted by atomic mass is 10.2. The number of amides is 1. The van der Waals surface area contributed by atoms with Crippen LogP contribution >= 0.6 is 0 Å². The monoisotopic (exact) mass is 451 g/mol. The number of carbonyl (C=O) groups is 1. The van der Waals surface area contributed by atoms with Crippen LogP contribution in [0.5, 0.6) is 0 Å². The molecule has 0 aliphatic carbocycles. The minimum absolute atomic E-state index is 0.187. The van der Waals surface area contributed by atoms with Crippen LogP contribution in [0.2, 0.25) is 0 Å². The molecule has 0 spiro atoms. The fraction of sp³-hybridized carbons (Fsp3) is 0.0400. The van der Waals surface area contributed by atoms with Crippen LogP contribution in [-0.4, -0.2) is 32.1 Å². The molecule has 5 aromatic rings. The van der Waals surface area contributed by atoms with Gasteiger partial charge in [-0.2, -0.15) is 0 Å². The van der Waals surface area contributed by atoms with Crippen molar-refractivity contribution in [2.24, 2.45) is 0 Å². The lowest BCUT2D eigenvalue weighted by molar-refractivity contribution is 0.102. The first-order valence-electron chi connectivity index (χ1n) is 10.6. The number of benzene rings is 3. The second-order valence-electron chi connectivity index (χ2n) is 7.55. The van der Waals surface area contributed by atoms with Crippen molar-refractivity contribution in [3.8, 4) is 11.4 Å². The molecule has 9 heteroatoms. The van der Waals surface area contributed by atoms with Gasteiger partial charge in [0.1, 0.15) is 11.8 Å². The summed E-state index contributed by atoms with van der Waals surface area (Å²) in [5.41, 5.74) is 9.86. The Hall–Kier alpha value is -4.92. The Morgan fingerprint density at radius 3 is 2.35 bits per heavy atom. The van der Waals surface area contributed by atoms with E-state index in [0.29, 0.717) is 33.8 Å². The SMILES string of the molecule is CNc1cccc(-n2c(=O)n(-c3ccc(NC(=O)c4ccccc4)cc3)c3c(N)ncnc32)c1. The molecule has 2 aromatic heterocycles. The number of nitrogens with zero attached hydrogens (tertiary/aromatic N) is 4. The van der Waals surface area contributed by atoms with E-state index in [2.05, 4.69) is 20.6 Å². The molecular formula is C25H21N7O2. The summed E-state index contributed by atoms with van der Waals surface area (Å²) in [5.74, 6) is -0.0312. The van der Waals surface area contributed by atoms with Gasteiger partial charge in [-0.05, 0) is 54.6 Å². The number of nitrogens with two attached hydrogens (primary N) is 1. The number of nitrogen functional groups attached to an aromatic ring is 1. The van der Waals surface area contributed by atoms with Gasteiger partial charge in [-0.25, -0.2) is 19.3 Å². The maximum Gasteiger partial charge on any atom is 0.339 e. The predicted octanol–water partition coefficient (Wildman–Crippen LogP) is 3.45. The molecule has 34 heavy (non-hydrogen) atoms. The summed E-state index contributed by atoms with van der Waals surface area (Å²) in [6.45, 7) is 0. The standard InChI is InChI=1S/C25H21N7O2/c1-27-18-8-5-9-20(14-18)32-23-21(22(26)28-15-29-23)31(25(32)34)19-12-10-17(11-13-19)30-24(33)16-6-3-2-4-7-16/h2-15,27H,1H3,(H,30,33)(H2,26,28,29). The van der Waals surface area contributed by atoms with Crippen LogP contribution in [0.15, 0.2) is 90.0 Å². The number of rotatable bonds is 5. The molecule has 0 atom stereocenters. The number of carbonyl (C=O) groups excluding carboxylic acids is 1. The highest BCUT2D eigenvalue weighted by atomic mass is 16.2. The zero-order valence-electron chi connectivity index (χ0n) is 18.3. The zero-order chi connectivity index (χ0) is 23.7. The summed E-state index contributed by atoms with van der Waals surface area (Å²) >= 11 is 0. The van der Waals surface area contributed by atoms with E-state index in [1.807, 2.05) is 37.4 Å². The highest BCUT2D eigenvalue weighted by Gasteiger charge is 2.20. The fourth-order valence-electron chi connectivity index (χ4n) is 3.81. The van der Waals surface area contributed by atoms with Crippen molar-refractivity contribution in [3.63, 3.8) is 0 Å². The molecule has 3 aromatic carbocycles. The Bertz CT molecular complexity index is 1550. The Kier molecular flexibility index (Phi) is 5.27. The fourth-order valence-corrected chi connectivity index (χ4v) is 3.81. The van der Waals surface area contributed by atoms with Crippen molar-refractivity contribution in [3.05, 3.63) is 101 Å². The molecule has 2 heterocycles. The number of imidazole rings is 1. The third kappa shape index (κ3) is 3.65. The van der Waals surface area contributed by atoms with Gasteiger partial charge < -0.3 is 16.4 Å². The van der Waals surface area contributed by atoms with Gasteiger partial charge in [0.25, 0.3) is 5.91 Å². The number of hydrogen-bond donors (Lipinski definition) is 3. The molecule has 0 unspecified atom stereocenters. The highest BCUT2D eigenvalue weighted by Crippen LogP contribution is 2.24. The quantitative estimate of drug-likeness (QED) is 0.377. The van der Waals surface area contributed by atoms with E-state index in [-0.39, 0.29) is 17.4 Å². The van der Waals surface area contributed by atoms with Crippen molar-refractivity contribution in [1.29, 1.82) is 0 Å². The summed E-state index contributed by atoms with van der Waals surface area (Å²) in [4.78, 5) is 34.5. The lowest BCUT2D eigenvalue weighted by Gasteiger charge is -2.08. The largest absolute Gasteiger partial charge is 0.388 e. The molecule has 0 saturated carbocycles. The summed E-state index contributed by atoms with van der Waals surface area (Å²) < 4.78 is 2.97. The van der Waals surface area contributed by atoms with E-state index < -0.39 is 0 Å². The first-order chi connectivity index (χ1) is 16.6. The zero-order valence-corrected chi connectivity index (χ0v) is 18.3. The number of nitrogens with one attached hydrogen (secondary N) is 2. The van der Waals surface area contributed by atoms with Crippen molar-refractivity contribution < 1.29 is 4.79 Å². The number of anilines is 3. The first kappa shape index (κ1) is 21.0. The molecule has 0 radical (unpaired) electrons. The highest BCUT2D eigenvalue weighted by molar-refractivity contribution is 6.04. The van der Waals surface area contributed by atoms with Gasteiger partial charge in [-0.15, -0.1) is 0 Å². The Labute approximate surface area is 194 Å². The number of fused-ring (bicyclic) bond motifs is 1. The topological polar surface area (TPSA) is 120 Å². The van der Waals surface area contributed by atoms with Gasteiger partial charge in [0.05, 0.1) is 11.4 Å². The van der Waals surface area contributed by atoms with Gasteiger partial charge in [-0.3, -0.25) is 9.36 Å². The number of aromatic nitrogens is 4. The molecular weight excluding hydrogens is 430 g/mol. The summed E-state index contributed by atoms with van der Waals surface area (Å²) in [6.07, 6.45) is 1.34. The van der Waals surface area contributed by atoms with E-state index >= 15 is 0 Å². The molecule has 0 saturated heterocycles. The average molecular weight is 451 g/mol. The van der Waals surface area contributed by atoms with Crippen LogP contribution in [0.25, 0.3) is 22.5 Å². The van der Waals surface area contributed by atoms with Gasteiger partial charge in [-0.1, -0.05) is 24.3 Å². The normalized spacial score (nSPS) is 10.9. The van der Waals surface area contributed by atoms with Crippen molar-refractivity contribution in [2.75, 3.05) is 23.4 Å². The van der Waals surface area contributed by atoms with Crippen LogP contribution in [0.3, 0.4) is 0 Å². The molecule has 168 valence electrons. The first-order valence-corrected chi connectivity index (χ1v) is 10.6. The predicted molar refractivity (Wildman–Crippen MR) is 133 cm³/mol. The lowest BCUT2D eigenvalue weighted by Crippen LogP contribution is -2.22. The smallest absolute Gasteiger partial charge is 0.339 e. The molecule has 0 aliphatic rings. The van der Waals surface area contributed by atoms with Crippen molar-refractivity contribution in [1.82, 2.24) is 19.1 Å². The van der Waals surface area contributed by atoms with E-state index in [1.54, 1.807) is 48.5 Å². The maximum atomic E-state index is 13.6. The van der Waals surface area contributed by atoms with Crippen LogP contribution in [0.4, 0.5) is 17.2 Å². The van der Waals surface area contributed by atoms with Gasteiger partial charge in [0.15, 0.2) is 11.5 Å². The average Bonchev–Trinajstić information content (AvgIpc) is 3.18. The van der Waals surface area contributed by atoms with Crippen LogP contribution in [0, 0.1) is 0 Å². The minimum Gasteiger partial charge on any atom is -0.388 e. The minimum atomic E-state index is -0.337.